The number of thiophene rings is 1. The number of amides is 3. The molecule has 0 aliphatic carbocycles. The van der Waals surface area contributed by atoms with E-state index in [1.54, 1.807) is 42.3 Å². The lowest BCUT2D eigenvalue weighted by molar-refractivity contribution is -0.125. The summed E-state index contributed by atoms with van der Waals surface area (Å²) in [5, 5.41) is 7.79. The van der Waals surface area contributed by atoms with E-state index in [1.165, 1.54) is 11.3 Å². The van der Waals surface area contributed by atoms with Crippen LogP contribution in [0.15, 0.2) is 41.8 Å². The Morgan fingerprint density at radius 2 is 1.91 bits per heavy atom. The van der Waals surface area contributed by atoms with E-state index in [2.05, 4.69) is 10.6 Å². The molecule has 1 aromatic heterocycles. The van der Waals surface area contributed by atoms with E-state index in [9.17, 15) is 14.4 Å². The molecule has 2 atom stereocenters. The van der Waals surface area contributed by atoms with Crippen LogP contribution in [0.25, 0.3) is 0 Å². The topological polar surface area (TPSA) is 87.7 Å². The molecule has 1 aromatic carbocycles. The van der Waals surface area contributed by atoms with E-state index in [-0.39, 0.29) is 29.7 Å². The Kier molecular flexibility index (Phi) is 8.27. The predicted octanol–water partition coefficient (Wildman–Crippen LogP) is 3.32. The molecule has 1 aliphatic rings. The number of likely N-dealkylation sites (tertiary alicyclic amines) is 1. The molecule has 7 nitrogen and oxygen atoms in total. The van der Waals surface area contributed by atoms with Crippen molar-refractivity contribution in [2.45, 2.75) is 45.2 Å². The Labute approximate surface area is 193 Å². The van der Waals surface area contributed by atoms with Crippen LogP contribution in [0.5, 0.6) is 5.75 Å². The zero-order valence-corrected chi connectivity index (χ0v) is 19.6. The lowest BCUT2D eigenvalue weighted by Gasteiger charge is -2.36. The fraction of sp³-hybridized carbons (Fsp3) is 0.458. The predicted molar refractivity (Wildman–Crippen MR) is 125 cm³/mol. The first-order valence-electron chi connectivity index (χ1n) is 11.0. The highest BCUT2D eigenvalue weighted by Crippen LogP contribution is 2.24. The summed E-state index contributed by atoms with van der Waals surface area (Å²) in [5.41, 5.74) is 0.583. The van der Waals surface area contributed by atoms with E-state index in [4.69, 9.17) is 4.74 Å². The maximum absolute atomic E-state index is 13.0. The summed E-state index contributed by atoms with van der Waals surface area (Å²) in [6.45, 7) is 5.02. The molecule has 3 rings (SSSR count). The van der Waals surface area contributed by atoms with Crippen LogP contribution in [0.2, 0.25) is 0 Å². The number of carbonyl (C=O) groups is 3. The average Bonchev–Trinajstić information content (AvgIpc) is 3.37. The second kappa shape index (κ2) is 11.1. The van der Waals surface area contributed by atoms with Crippen LogP contribution in [0.3, 0.4) is 0 Å². The van der Waals surface area contributed by atoms with Gasteiger partial charge in [-0.1, -0.05) is 19.1 Å². The number of carbonyl (C=O) groups excluding carboxylic acids is 3. The number of benzene rings is 1. The van der Waals surface area contributed by atoms with Gasteiger partial charge in [0.25, 0.3) is 11.8 Å². The zero-order valence-electron chi connectivity index (χ0n) is 18.8. The van der Waals surface area contributed by atoms with Gasteiger partial charge in [0.15, 0.2) is 0 Å². The van der Waals surface area contributed by atoms with E-state index < -0.39 is 6.04 Å². The minimum atomic E-state index is -0.632. The zero-order chi connectivity index (χ0) is 23.1. The van der Waals surface area contributed by atoms with Crippen LogP contribution in [0.1, 0.15) is 53.1 Å². The minimum Gasteiger partial charge on any atom is -0.497 e. The van der Waals surface area contributed by atoms with Crippen LogP contribution in [0, 0.1) is 5.92 Å². The Morgan fingerprint density at radius 1 is 1.16 bits per heavy atom. The highest BCUT2D eigenvalue weighted by molar-refractivity contribution is 7.12. The standard InChI is InChI=1S/C24H31N3O4S/c1-4-16(2)25-23(29)21(26-22(28)20-9-6-14-32-20)17-10-12-27(13-11-17)24(30)18-7-5-8-19(15-18)31-3/h5-9,14-17,21H,4,10-13H2,1-3H3,(H,25,29)(H,26,28)/t16-,21-/m0/s1. The van der Waals surface area contributed by atoms with Crippen LogP contribution in [-0.4, -0.2) is 54.9 Å². The molecule has 1 aliphatic heterocycles. The van der Waals surface area contributed by atoms with Crippen molar-refractivity contribution in [2.24, 2.45) is 5.92 Å². The van der Waals surface area contributed by atoms with Gasteiger partial charge in [-0.15, -0.1) is 11.3 Å². The number of methoxy groups -OCH3 is 1. The monoisotopic (exact) mass is 457 g/mol. The Bertz CT molecular complexity index is 923. The fourth-order valence-corrected chi connectivity index (χ4v) is 4.45. The smallest absolute Gasteiger partial charge is 0.262 e. The Balaban J connectivity index is 1.67. The van der Waals surface area contributed by atoms with Crippen LogP contribution >= 0.6 is 11.3 Å². The van der Waals surface area contributed by atoms with Crippen molar-refractivity contribution in [2.75, 3.05) is 20.2 Å². The number of hydrogen-bond donors (Lipinski definition) is 2. The molecule has 2 aromatic rings. The molecule has 2 heterocycles. The SMILES string of the molecule is CC[C@H](C)NC(=O)[C@@H](NC(=O)c1cccs1)C1CCN(C(=O)c2cccc(OC)c2)CC1. The van der Waals surface area contributed by atoms with E-state index in [0.29, 0.717) is 42.1 Å². The van der Waals surface area contributed by atoms with Gasteiger partial charge in [0.2, 0.25) is 5.91 Å². The van der Waals surface area contributed by atoms with Crippen molar-refractivity contribution < 1.29 is 19.1 Å². The summed E-state index contributed by atoms with van der Waals surface area (Å²) < 4.78 is 5.22. The van der Waals surface area contributed by atoms with Gasteiger partial charge in [-0.25, -0.2) is 0 Å². The van der Waals surface area contributed by atoms with Crippen LogP contribution in [0.4, 0.5) is 0 Å². The molecule has 1 fully saturated rings. The molecule has 0 saturated carbocycles. The van der Waals surface area contributed by atoms with Gasteiger partial charge in [-0.2, -0.15) is 0 Å². The van der Waals surface area contributed by atoms with Crippen LogP contribution in [-0.2, 0) is 4.79 Å². The van der Waals surface area contributed by atoms with E-state index >= 15 is 0 Å². The van der Waals surface area contributed by atoms with E-state index in [1.807, 2.05) is 25.3 Å². The molecule has 0 bridgehead atoms. The van der Waals surface area contributed by atoms with Gasteiger partial charge < -0.3 is 20.3 Å². The number of nitrogens with one attached hydrogen (secondary N) is 2. The molecule has 8 heteroatoms. The number of nitrogens with zero attached hydrogens (tertiary/aromatic N) is 1. The van der Waals surface area contributed by atoms with Gasteiger partial charge in [0.05, 0.1) is 12.0 Å². The largest absolute Gasteiger partial charge is 0.497 e. The first kappa shape index (κ1) is 23.8. The van der Waals surface area contributed by atoms with Gasteiger partial charge in [-0.05, 0) is 61.7 Å². The highest BCUT2D eigenvalue weighted by atomic mass is 32.1. The van der Waals surface area contributed by atoms with Crippen molar-refractivity contribution in [3.63, 3.8) is 0 Å². The summed E-state index contributed by atoms with van der Waals surface area (Å²) in [7, 11) is 1.57. The third kappa shape index (κ3) is 5.88. The average molecular weight is 458 g/mol. The number of ether oxygens (including phenoxy) is 1. The third-order valence-corrected chi connectivity index (χ3v) is 6.80. The van der Waals surface area contributed by atoms with Crippen molar-refractivity contribution in [1.29, 1.82) is 0 Å². The molecule has 2 N–H and O–H groups in total. The quantitative estimate of drug-likeness (QED) is 0.637. The second-order valence-corrected chi connectivity index (χ2v) is 9.06. The molecule has 172 valence electrons. The summed E-state index contributed by atoms with van der Waals surface area (Å²) in [5.74, 6) is 0.146. The lowest BCUT2D eigenvalue weighted by atomic mass is 9.88. The maximum atomic E-state index is 13.0. The first-order valence-corrected chi connectivity index (χ1v) is 11.9. The van der Waals surface area contributed by atoms with Gasteiger partial charge in [-0.3, -0.25) is 14.4 Å². The summed E-state index contributed by atoms with van der Waals surface area (Å²) in [6.07, 6.45) is 2.09. The van der Waals surface area contributed by atoms with Crippen LogP contribution < -0.4 is 15.4 Å². The molecule has 0 radical (unpaired) electrons. The summed E-state index contributed by atoms with van der Waals surface area (Å²) in [6, 6.07) is 10.1. The van der Waals surface area contributed by atoms with E-state index in [0.717, 1.165) is 6.42 Å². The summed E-state index contributed by atoms with van der Waals surface area (Å²) >= 11 is 1.35. The molecular weight excluding hydrogens is 426 g/mol. The summed E-state index contributed by atoms with van der Waals surface area (Å²) in [4.78, 5) is 41.0. The van der Waals surface area contributed by atoms with Gasteiger partial charge in [0, 0.05) is 24.7 Å². The normalized spacial score (nSPS) is 16.2. The highest BCUT2D eigenvalue weighted by Gasteiger charge is 2.34. The van der Waals surface area contributed by atoms with Gasteiger partial charge in [0.1, 0.15) is 11.8 Å². The first-order chi connectivity index (χ1) is 15.4. The third-order valence-electron chi connectivity index (χ3n) is 5.93. The van der Waals surface area contributed by atoms with Crippen molar-refractivity contribution in [1.82, 2.24) is 15.5 Å². The molecule has 3 amide bonds. The molecule has 32 heavy (non-hydrogen) atoms. The van der Waals surface area contributed by atoms with Gasteiger partial charge >= 0.3 is 0 Å². The molecule has 0 spiro atoms. The molecular formula is C24H31N3O4S. The number of rotatable bonds is 8. The maximum Gasteiger partial charge on any atom is 0.262 e. The van der Waals surface area contributed by atoms with Crippen molar-refractivity contribution in [3.8, 4) is 5.75 Å². The molecule has 0 unspecified atom stereocenters. The number of piperidine rings is 1. The molecule has 1 saturated heterocycles. The fourth-order valence-electron chi connectivity index (χ4n) is 3.83. The van der Waals surface area contributed by atoms with Crippen molar-refractivity contribution >= 4 is 29.1 Å². The Hall–Kier alpha value is -2.87. The lowest BCUT2D eigenvalue weighted by Crippen LogP contribution is -2.55. The second-order valence-electron chi connectivity index (χ2n) is 8.11. The minimum absolute atomic E-state index is 0.0263. The number of hydrogen-bond acceptors (Lipinski definition) is 5. The Morgan fingerprint density at radius 3 is 2.53 bits per heavy atom. The van der Waals surface area contributed by atoms with Crippen molar-refractivity contribution in [3.05, 3.63) is 52.2 Å².